The molecule has 2 N–H and O–H groups in total. The Kier molecular flexibility index (Phi) is 4.43. The third kappa shape index (κ3) is 4.33. The van der Waals surface area contributed by atoms with Crippen molar-refractivity contribution in [3.05, 3.63) is 58.1 Å². The van der Waals surface area contributed by atoms with Crippen LogP contribution in [0.3, 0.4) is 0 Å². The van der Waals surface area contributed by atoms with Crippen molar-refractivity contribution in [2.45, 2.75) is 4.90 Å². The van der Waals surface area contributed by atoms with E-state index < -0.39 is 4.92 Å². The number of thioether (sulfide) groups is 1. The van der Waals surface area contributed by atoms with E-state index in [9.17, 15) is 10.1 Å². The number of anilines is 1. The second-order valence-electron chi connectivity index (χ2n) is 2.61. The maximum atomic E-state index is 9.94. The van der Waals surface area contributed by atoms with Gasteiger partial charge in [-0.15, -0.1) is 0 Å². The van der Waals surface area contributed by atoms with Crippen molar-refractivity contribution < 1.29 is 4.92 Å². The number of rotatable bonds is 4. The standard InChI is InChI=1S/C10H10N2O2S/c11-9-5-1-2-6-10(9)15-8-4-3-7-12(13)14/h1-8H,11H2/b7-3+,8-4+. The van der Waals surface area contributed by atoms with Crippen LogP contribution in [0.1, 0.15) is 0 Å². The van der Waals surface area contributed by atoms with Gasteiger partial charge < -0.3 is 5.73 Å². The first-order valence-corrected chi connectivity index (χ1v) is 5.06. The number of nitrogen functional groups attached to an aromatic ring is 1. The number of nitrogens with zero attached hydrogens (tertiary/aromatic N) is 1. The molecule has 0 saturated carbocycles. The molecule has 0 fully saturated rings. The van der Waals surface area contributed by atoms with Crippen LogP contribution in [0.15, 0.2) is 52.9 Å². The highest BCUT2D eigenvalue weighted by atomic mass is 32.2. The minimum Gasteiger partial charge on any atom is -0.398 e. The molecule has 0 aliphatic carbocycles. The molecule has 0 radical (unpaired) electrons. The summed E-state index contributed by atoms with van der Waals surface area (Å²) in [5.74, 6) is 0. The lowest BCUT2D eigenvalue weighted by Crippen LogP contribution is -1.85. The maximum Gasteiger partial charge on any atom is 0.234 e. The molecule has 78 valence electrons. The molecule has 1 aromatic rings. The zero-order valence-corrected chi connectivity index (χ0v) is 8.68. The quantitative estimate of drug-likeness (QED) is 0.279. The van der Waals surface area contributed by atoms with Gasteiger partial charge in [-0.2, -0.15) is 0 Å². The Morgan fingerprint density at radius 1 is 1.33 bits per heavy atom. The van der Waals surface area contributed by atoms with Gasteiger partial charge in [0.15, 0.2) is 0 Å². The summed E-state index contributed by atoms with van der Waals surface area (Å²) in [5, 5.41) is 11.7. The highest BCUT2D eigenvalue weighted by Crippen LogP contribution is 2.24. The van der Waals surface area contributed by atoms with Crippen LogP contribution in [-0.2, 0) is 0 Å². The van der Waals surface area contributed by atoms with E-state index >= 15 is 0 Å². The first-order valence-electron chi connectivity index (χ1n) is 4.18. The summed E-state index contributed by atoms with van der Waals surface area (Å²) in [4.78, 5) is 10.4. The molecular formula is C10H10N2O2S. The maximum absolute atomic E-state index is 9.94. The van der Waals surface area contributed by atoms with Crippen LogP contribution in [-0.4, -0.2) is 4.92 Å². The van der Waals surface area contributed by atoms with Gasteiger partial charge in [0.2, 0.25) is 6.20 Å². The molecule has 0 saturated heterocycles. The molecule has 0 spiro atoms. The SMILES string of the molecule is Nc1ccccc1S/C=C/C=C/[N+](=O)[O-]. The van der Waals surface area contributed by atoms with Crippen LogP contribution in [0, 0.1) is 10.1 Å². The molecule has 0 aliphatic heterocycles. The molecule has 4 nitrogen and oxygen atoms in total. The van der Waals surface area contributed by atoms with E-state index in [0.717, 1.165) is 11.1 Å². The Balaban J connectivity index is 2.51. The van der Waals surface area contributed by atoms with Crippen LogP contribution >= 0.6 is 11.8 Å². The molecule has 0 bridgehead atoms. The van der Waals surface area contributed by atoms with Crippen molar-refractivity contribution in [1.82, 2.24) is 0 Å². The third-order valence-corrected chi connectivity index (χ3v) is 2.43. The van der Waals surface area contributed by atoms with Gasteiger partial charge in [-0.3, -0.25) is 10.1 Å². The van der Waals surface area contributed by atoms with Gasteiger partial charge in [-0.25, -0.2) is 0 Å². The van der Waals surface area contributed by atoms with Crippen LogP contribution < -0.4 is 5.73 Å². The minimum atomic E-state index is -0.508. The molecule has 0 unspecified atom stereocenters. The molecule has 0 heterocycles. The molecule has 5 heteroatoms. The summed E-state index contributed by atoms with van der Waals surface area (Å²) in [6.07, 6.45) is 3.84. The summed E-state index contributed by atoms with van der Waals surface area (Å²) < 4.78 is 0. The fourth-order valence-electron chi connectivity index (χ4n) is 0.866. The number of nitro groups is 1. The monoisotopic (exact) mass is 222 g/mol. The van der Waals surface area contributed by atoms with Gasteiger partial charge in [-0.1, -0.05) is 23.9 Å². The topological polar surface area (TPSA) is 69.2 Å². The lowest BCUT2D eigenvalue weighted by Gasteiger charge is -1.99. The Morgan fingerprint density at radius 3 is 2.73 bits per heavy atom. The van der Waals surface area contributed by atoms with Crippen molar-refractivity contribution >= 4 is 17.4 Å². The van der Waals surface area contributed by atoms with Crippen molar-refractivity contribution in [1.29, 1.82) is 0 Å². The Bertz CT molecular complexity index is 402. The van der Waals surface area contributed by atoms with E-state index in [1.165, 1.54) is 17.8 Å². The fourth-order valence-corrected chi connectivity index (χ4v) is 1.54. The highest BCUT2D eigenvalue weighted by molar-refractivity contribution is 8.02. The number of para-hydroxylation sites is 1. The van der Waals surface area contributed by atoms with Gasteiger partial charge in [0.1, 0.15) is 0 Å². The number of benzene rings is 1. The van der Waals surface area contributed by atoms with Crippen LogP contribution in [0.4, 0.5) is 5.69 Å². The van der Waals surface area contributed by atoms with Crippen molar-refractivity contribution in [3.8, 4) is 0 Å². The normalized spacial score (nSPS) is 11.2. The highest BCUT2D eigenvalue weighted by Gasteiger charge is 1.93. The lowest BCUT2D eigenvalue weighted by molar-refractivity contribution is -0.402. The van der Waals surface area contributed by atoms with E-state index in [2.05, 4.69) is 0 Å². The molecule has 0 aliphatic rings. The van der Waals surface area contributed by atoms with E-state index in [1.807, 2.05) is 24.3 Å². The van der Waals surface area contributed by atoms with Gasteiger partial charge in [-0.05, 0) is 23.6 Å². The summed E-state index contributed by atoms with van der Waals surface area (Å²) in [6, 6.07) is 7.44. The zero-order chi connectivity index (χ0) is 11.1. The predicted octanol–water partition coefficient (Wildman–Crippen LogP) is 2.67. The summed E-state index contributed by atoms with van der Waals surface area (Å²) in [7, 11) is 0. The molecule has 0 aromatic heterocycles. The molecule has 0 amide bonds. The van der Waals surface area contributed by atoms with E-state index in [-0.39, 0.29) is 0 Å². The summed E-state index contributed by atoms with van der Waals surface area (Å²) in [5.41, 5.74) is 6.40. The second-order valence-corrected chi connectivity index (χ2v) is 3.56. The van der Waals surface area contributed by atoms with Crippen LogP contribution in [0.2, 0.25) is 0 Å². The van der Waals surface area contributed by atoms with E-state index in [1.54, 1.807) is 11.5 Å². The van der Waals surface area contributed by atoms with Gasteiger partial charge in [0.25, 0.3) is 0 Å². The average Bonchev–Trinajstić information content (AvgIpc) is 2.20. The van der Waals surface area contributed by atoms with Crippen LogP contribution in [0.25, 0.3) is 0 Å². The fraction of sp³-hybridized carbons (Fsp3) is 0. The van der Waals surface area contributed by atoms with E-state index in [0.29, 0.717) is 5.69 Å². The Morgan fingerprint density at radius 2 is 2.07 bits per heavy atom. The zero-order valence-electron chi connectivity index (χ0n) is 7.87. The van der Waals surface area contributed by atoms with Crippen molar-refractivity contribution in [2.75, 3.05) is 5.73 Å². The number of hydrogen-bond donors (Lipinski definition) is 1. The predicted molar refractivity (Wildman–Crippen MR) is 62.0 cm³/mol. The number of hydrogen-bond acceptors (Lipinski definition) is 4. The van der Waals surface area contributed by atoms with Crippen molar-refractivity contribution in [2.24, 2.45) is 0 Å². The average molecular weight is 222 g/mol. The van der Waals surface area contributed by atoms with Crippen LogP contribution in [0.5, 0.6) is 0 Å². The number of nitrogens with two attached hydrogens (primary N) is 1. The molecular weight excluding hydrogens is 212 g/mol. The first kappa shape index (κ1) is 11.3. The first-order chi connectivity index (χ1) is 7.20. The Hall–Kier alpha value is -1.75. The van der Waals surface area contributed by atoms with E-state index in [4.69, 9.17) is 5.73 Å². The van der Waals surface area contributed by atoms with Gasteiger partial charge >= 0.3 is 0 Å². The summed E-state index contributed by atoms with van der Waals surface area (Å²) in [6.45, 7) is 0. The largest absolute Gasteiger partial charge is 0.398 e. The Labute approximate surface area is 91.6 Å². The molecule has 1 rings (SSSR count). The molecule has 1 aromatic carbocycles. The van der Waals surface area contributed by atoms with Gasteiger partial charge in [0.05, 0.1) is 4.92 Å². The third-order valence-electron chi connectivity index (χ3n) is 1.51. The molecule has 0 atom stereocenters. The smallest absolute Gasteiger partial charge is 0.234 e. The lowest BCUT2D eigenvalue weighted by atomic mass is 10.3. The second kappa shape index (κ2) is 5.87. The van der Waals surface area contributed by atoms with Crippen molar-refractivity contribution in [3.63, 3.8) is 0 Å². The van der Waals surface area contributed by atoms with Gasteiger partial charge in [0, 0.05) is 16.7 Å². The molecule has 15 heavy (non-hydrogen) atoms. The summed E-state index contributed by atoms with van der Waals surface area (Å²) >= 11 is 1.42. The number of allylic oxidation sites excluding steroid dienone is 2. The minimum absolute atomic E-state index is 0.508.